The fraction of sp³-hybridized carbons (Fsp3) is 0.333. The van der Waals surface area contributed by atoms with Gasteiger partial charge >= 0.3 is 0 Å². The molecule has 4 nitrogen and oxygen atoms in total. The minimum Gasteiger partial charge on any atom is -1.00 e. The molecule has 0 saturated carbocycles. The number of imidazole rings is 1. The predicted octanol–water partition coefficient (Wildman–Crippen LogP) is -1.61. The summed E-state index contributed by atoms with van der Waals surface area (Å²) in [6.45, 7) is 2.26. The molecule has 2 heterocycles. The zero-order valence-electron chi connectivity index (χ0n) is 11.3. The Morgan fingerprint density at radius 1 is 1.15 bits per heavy atom. The molecular weight excluding hydrogens is 274 g/mol. The van der Waals surface area contributed by atoms with Crippen LogP contribution in [-0.2, 0) is 11.3 Å². The van der Waals surface area contributed by atoms with Crippen LogP contribution >= 0.6 is 0 Å². The number of rotatable bonds is 3. The number of hydrogen-bond acceptors (Lipinski definition) is 1. The summed E-state index contributed by atoms with van der Waals surface area (Å²) in [5.74, 6) is 0.216. The third-order valence-corrected chi connectivity index (χ3v) is 3.52. The first-order valence-electron chi connectivity index (χ1n) is 6.73. The first-order valence-corrected chi connectivity index (χ1v) is 6.73. The number of hydrogen-bond donors (Lipinski definition) is 0. The second kappa shape index (κ2) is 6.57. The van der Waals surface area contributed by atoms with Gasteiger partial charge in [-0.05, 0) is 25.0 Å². The lowest BCUT2D eigenvalue weighted by Gasteiger charge is -2.13. The number of amides is 1. The summed E-state index contributed by atoms with van der Waals surface area (Å²) in [7, 11) is 0. The molecule has 0 spiro atoms. The van der Waals surface area contributed by atoms with E-state index >= 15 is 0 Å². The second-order valence-corrected chi connectivity index (χ2v) is 4.92. The van der Waals surface area contributed by atoms with E-state index < -0.39 is 0 Å². The number of halogens is 1. The van der Waals surface area contributed by atoms with Gasteiger partial charge in [0.2, 0.25) is 6.33 Å². The average molecular weight is 292 g/mol. The fourth-order valence-electron chi connectivity index (χ4n) is 2.46. The summed E-state index contributed by atoms with van der Waals surface area (Å²) in [6.07, 6.45) is 8.17. The molecular formula is C15H18ClN3O. The molecule has 106 valence electrons. The smallest absolute Gasteiger partial charge is 0.264 e. The van der Waals surface area contributed by atoms with Gasteiger partial charge in [-0.3, -0.25) is 4.79 Å². The number of carbonyl (C=O) groups excluding carboxylic acids is 1. The molecule has 1 saturated heterocycles. The molecule has 0 radical (unpaired) electrons. The molecule has 0 unspecified atom stereocenters. The normalized spacial score (nSPS) is 14.1. The van der Waals surface area contributed by atoms with E-state index in [2.05, 4.69) is 0 Å². The van der Waals surface area contributed by atoms with E-state index in [4.69, 9.17) is 0 Å². The van der Waals surface area contributed by atoms with Gasteiger partial charge in [-0.1, -0.05) is 18.2 Å². The SMILES string of the molecule is O=C(C[n+]1ccn(-c2ccccc2)c1)N1CCCC1.[Cl-]. The number of para-hydroxylation sites is 1. The van der Waals surface area contributed by atoms with Crippen LogP contribution in [0.1, 0.15) is 12.8 Å². The van der Waals surface area contributed by atoms with Gasteiger partial charge < -0.3 is 17.3 Å². The number of benzene rings is 1. The average Bonchev–Trinajstić information content (AvgIpc) is 3.11. The van der Waals surface area contributed by atoms with Crippen molar-refractivity contribution < 1.29 is 21.8 Å². The highest BCUT2D eigenvalue weighted by Gasteiger charge is 2.20. The molecule has 1 aromatic heterocycles. The minimum absolute atomic E-state index is 0. The highest BCUT2D eigenvalue weighted by atomic mass is 35.5. The summed E-state index contributed by atoms with van der Waals surface area (Å²) < 4.78 is 3.96. The third kappa shape index (κ3) is 3.20. The van der Waals surface area contributed by atoms with Crippen molar-refractivity contribution in [3.8, 4) is 5.69 Å². The van der Waals surface area contributed by atoms with E-state index in [1.54, 1.807) is 0 Å². The first kappa shape index (κ1) is 14.6. The van der Waals surface area contributed by atoms with Crippen LogP contribution in [0.15, 0.2) is 49.1 Å². The molecule has 0 atom stereocenters. The summed E-state index contributed by atoms with van der Waals surface area (Å²) in [6, 6.07) is 10.1. The van der Waals surface area contributed by atoms with Crippen LogP contribution < -0.4 is 17.0 Å². The molecule has 0 aliphatic carbocycles. The molecule has 0 bridgehead atoms. The fourth-order valence-corrected chi connectivity index (χ4v) is 2.46. The van der Waals surface area contributed by atoms with Crippen LogP contribution in [0.25, 0.3) is 5.69 Å². The van der Waals surface area contributed by atoms with E-state index in [-0.39, 0.29) is 18.3 Å². The summed E-state index contributed by atoms with van der Waals surface area (Å²) in [5.41, 5.74) is 1.11. The molecule has 20 heavy (non-hydrogen) atoms. The monoisotopic (exact) mass is 291 g/mol. The van der Waals surface area contributed by atoms with Crippen LogP contribution in [0.3, 0.4) is 0 Å². The zero-order valence-corrected chi connectivity index (χ0v) is 12.0. The van der Waals surface area contributed by atoms with E-state index in [1.165, 1.54) is 0 Å². The highest BCUT2D eigenvalue weighted by Crippen LogP contribution is 2.08. The third-order valence-electron chi connectivity index (χ3n) is 3.52. The molecule has 5 heteroatoms. The predicted molar refractivity (Wildman–Crippen MR) is 71.8 cm³/mol. The molecule has 1 amide bonds. The Balaban J connectivity index is 0.00000147. The van der Waals surface area contributed by atoms with E-state index in [9.17, 15) is 4.79 Å². The highest BCUT2D eigenvalue weighted by molar-refractivity contribution is 5.74. The second-order valence-electron chi connectivity index (χ2n) is 4.92. The first-order chi connectivity index (χ1) is 9.33. The Hall–Kier alpha value is -1.81. The van der Waals surface area contributed by atoms with Crippen molar-refractivity contribution in [1.29, 1.82) is 0 Å². The molecule has 3 rings (SSSR count). The van der Waals surface area contributed by atoms with Crippen molar-refractivity contribution >= 4 is 5.91 Å². The number of carbonyl (C=O) groups is 1. The number of aromatic nitrogens is 2. The van der Waals surface area contributed by atoms with Gasteiger partial charge in [0.1, 0.15) is 18.1 Å². The number of likely N-dealkylation sites (tertiary alicyclic amines) is 1. The van der Waals surface area contributed by atoms with Crippen molar-refractivity contribution in [3.63, 3.8) is 0 Å². The molecule has 1 aromatic carbocycles. The molecule has 2 aromatic rings. The summed E-state index contributed by atoms with van der Waals surface area (Å²) >= 11 is 0. The Morgan fingerprint density at radius 3 is 2.55 bits per heavy atom. The quantitative estimate of drug-likeness (QED) is 0.626. The van der Waals surface area contributed by atoms with Crippen molar-refractivity contribution in [1.82, 2.24) is 9.47 Å². The van der Waals surface area contributed by atoms with E-state index in [0.29, 0.717) is 6.54 Å². The lowest BCUT2D eigenvalue weighted by Crippen LogP contribution is -3.00. The molecule has 1 aliphatic rings. The van der Waals surface area contributed by atoms with Crippen LogP contribution in [0, 0.1) is 0 Å². The van der Waals surface area contributed by atoms with Crippen LogP contribution in [0.5, 0.6) is 0 Å². The van der Waals surface area contributed by atoms with Gasteiger partial charge in [0.05, 0.1) is 0 Å². The standard InChI is InChI=1S/C15H18N3O.ClH/c19-15(17-8-4-5-9-17)12-16-10-11-18(13-16)14-6-2-1-3-7-14;/h1-3,6-7,10-11,13H,4-5,8-9,12H2;1H/q+1;/p-1. The van der Waals surface area contributed by atoms with Gasteiger partial charge in [0.25, 0.3) is 5.91 Å². The molecule has 1 aliphatic heterocycles. The van der Waals surface area contributed by atoms with Crippen LogP contribution in [-0.4, -0.2) is 28.5 Å². The van der Waals surface area contributed by atoms with Gasteiger partial charge in [0, 0.05) is 13.1 Å². The van der Waals surface area contributed by atoms with Crippen molar-refractivity contribution in [2.45, 2.75) is 19.4 Å². The van der Waals surface area contributed by atoms with Crippen molar-refractivity contribution in [3.05, 3.63) is 49.1 Å². The lowest BCUT2D eigenvalue weighted by atomic mass is 10.3. The maximum Gasteiger partial charge on any atom is 0.264 e. The molecule has 0 N–H and O–H groups in total. The van der Waals surface area contributed by atoms with Gasteiger partial charge in [-0.15, -0.1) is 0 Å². The van der Waals surface area contributed by atoms with Crippen LogP contribution in [0.2, 0.25) is 0 Å². The Kier molecular flexibility index (Phi) is 4.79. The van der Waals surface area contributed by atoms with E-state index in [1.807, 2.05) is 63.1 Å². The topological polar surface area (TPSA) is 29.1 Å². The summed E-state index contributed by atoms with van der Waals surface area (Å²) in [4.78, 5) is 14.0. The minimum atomic E-state index is 0. The van der Waals surface area contributed by atoms with Crippen LogP contribution in [0.4, 0.5) is 0 Å². The Bertz CT molecular complexity index is 562. The maximum atomic E-state index is 12.1. The largest absolute Gasteiger partial charge is 1.00 e. The summed E-state index contributed by atoms with van der Waals surface area (Å²) in [5, 5.41) is 0. The van der Waals surface area contributed by atoms with Gasteiger partial charge in [-0.25, -0.2) is 9.13 Å². The lowest BCUT2D eigenvalue weighted by molar-refractivity contribution is -0.684. The van der Waals surface area contributed by atoms with Crippen molar-refractivity contribution in [2.75, 3.05) is 13.1 Å². The van der Waals surface area contributed by atoms with Gasteiger partial charge in [-0.2, -0.15) is 0 Å². The Morgan fingerprint density at radius 2 is 1.85 bits per heavy atom. The van der Waals surface area contributed by atoms with E-state index in [0.717, 1.165) is 31.6 Å². The Labute approximate surface area is 125 Å². The zero-order chi connectivity index (χ0) is 13.1. The molecule has 1 fully saturated rings. The van der Waals surface area contributed by atoms with Crippen molar-refractivity contribution in [2.24, 2.45) is 0 Å². The van der Waals surface area contributed by atoms with Gasteiger partial charge in [0.15, 0.2) is 6.54 Å². The maximum absolute atomic E-state index is 12.1. The number of nitrogens with zero attached hydrogens (tertiary/aromatic N) is 3.